The molecule has 1 atom stereocenters. The molecular weight excluding hydrogens is 358 g/mol. The second-order valence-electron chi connectivity index (χ2n) is 7.54. The van der Waals surface area contributed by atoms with Crippen molar-refractivity contribution in [2.45, 2.75) is 45.4 Å². The van der Waals surface area contributed by atoms with Gasteiger partial charge < -0.3 is 20.6 Å². The highest BCUT2D eigenvalue weighted by Gasteiger charge is 2.27. The van der Waals surface area contributed by atoms with Crippen LogP contribution in [0.3, 0.4) is 0 Å². The van der Waals surface area contributed by atoms with Gasteiger partial charge in [-0.15, -0.1) is 0 Å². The third-order valence-corrected chi connectivity index (χ3v) is 5.18. The topological polar surface area (TPSA) is 98.7 Å². The van der Waals surface area contributed by atoms with E-state index in [-0.39, 0.29) is 25.3 Å². The van der Waals surface area contributed by atoms with E-state index in [0.717, 1.165) is 37.8 Å². The van der Waals surface area contributed by atoms with E-state index in [9.17, 15) is 14.4 Å². The van der Waals surface area contributed by atoms with Gasteiger partial charge in [0, 0.05) is 31.9 Å². The van der Waals surface area contributed by atoms with Crippen LogP contribution in [0.25, 0.3) is 0 Å². The standard InChI is InChI=1S/C21H31N3O4/c1-15(5-6-18-4-3-9-22-16(18)2)12-17-8-11-24(14-17)20(26)13-19(25)23-10-7-21(27)28/h5-6,17,22H,1,3-4,7-14H2,2H3,(H,23,25)(H,27,28)/b6-5-. The first-order valence-electron chi connectivity index (χ1n) is 9.91. The van der Waals surface area contributed by atoms with E-state index in [1.54, 1.807) is 4.90 Å². The number of carboxylic acids is 1. The number of carboxylic acid groups (broad SMARTS) is 1. The molecule has 1 saturated heterocycles. The van der Waals surface area contributed by atoms with Gasteiger partial charge in [-0.3, -0.25) is 14.4 Å². The van der Waals surface area contributed by atoms with Crippen LogP contribution in [0, 0.1) is 5.92 Å². The number of amides is 2. The van der Waals surface area contributed by atoms with Crippen molar-refractivity contribution in [3.8, 4) is 0 Å². The van der Waals surface area contributed by atoms with E-state index in [2.05, 4.69) is 36.3 Å². The summed E-state index contributed by atoms with van der Waals surface area (Å²) in [6.45, 7) is 8.61. The Morgan fingerprint density at radius 3 is 2.89 bits per heavy atom. The highest BCUT2D eigenvalue weighted by atomic mass is 16.4. The van der Waals surface area contributed by atoms with Gasteiger partial charge >= 0.3 is 5.97 Å². The number of carbonyl (C=O) groups excluding carboxylic acids is 2. The number of aliphatic carboxylic acids is 1. The Hall–Kier alpha value is -2.57. The normalized spacial score (nSPS) is 19.6. The average Bonchev–Trinajstić information content (AvgIpc) is 3.09. The number of allylic oxidation sites excluding steroid dienone is 5. The smallest absolute Gasteiger partial charge is 0.305 e. The maximum absolute atomic E-state index is 12.3. The fourth-order valence-electron chi connectivity index (χ4n) is 3.57. The average molecular weight is 389 g/mol. The lowest BCUT2D eigenvalue weighted by Gasteiger charge is -2.18. The second kappa shape index (κ2) is 10.7. The molecule has 2 amide bonds. The number of carbonyl (C=O) groups is 3. The van der Waals surface area contributed by atoms with E-state index < -0.39 is 11.9 Å². The first-order valence-corrected chi connectivity index (χ1v) is 9.91. The Morgan fingerprint density at radius 1 is 1.39 bits per heavy atom. The van der Waals surface area contributed by atoms with Crippen LogP contribution < -0.4 is 10.6 Å². The van der Waals surface area contributed by atoms with Gasteiger partial charge in [0.25, 0.3) is 0 Å². The molecule has 1 unspecified atom stereocenters. The second-order valence-corrected chi connectivity index (χ2v) is 7.54. The summed E-state index contributed by atoms with van der Waals surface area (Å²) < 4.78 is 0. The van der Waals surface area contributed by atoms with Gasteiger partial charge in [0.05, 0.1) is 6.42 Å². The van der Waals surface area contributed by atoms with E-state index in [0.29, 0.717) is 19.0 Å². The van der Waals surface area contributed by atoms with Crippen LogP contribution in [-0.4, -0.2) is 54.0 Å². The summed E-state index contributed by atoms with van der Waals surface area (Å²) in [5.74, 6) is -1.25. The lowest BCUT2D eigenvalue weighted by Crippen LogP contribution is -2.35. The zero-order valence-corrected chi connectivity index (χ0v) is 16.6. The van der Waals surface area contributed by atoms with Crippen molar-refractivity contribution >= 4 is 17.8 Å². The Morgan fingerprint density at radius 2 is 2.18 bits per heavy atom. The van der Waals surface area contributed by atoms with Crippen molar-refractivity contribution in [1.82, 2.24) is 15.5 Å². The minimum atomic E-state index is -0.977. The molecule has 7 heteroatoms. The molecule has 0 aliphatic carbocycles. The van der Waals surface area contributed by atoms with Crippen molar-refractivity contribution in [2.24, 2.45) is 5.92 Å². The van der Waals surface area contributed by atoms with E-state index in [1.807, 2.05) is 0 Å². The van der Waals surface area contributed by atoms with Crippen LogP contribution in [0.15, 0.2) is 35.6 Å². The number of nitrogens with one attached hydrogen (secondary N) is 2. The van der Waals surface area contributed by atoms with Crippen molar-refractivity contribution < 1.29 is 19.5 Å². The molecule has 0 aromatic rings. The zero-order valence-electron chi connectivity index (χ0n) is 16.6. The van der Waals surface area contributed by atoms with Gasteiger partial charge in [-0.1, -0.05) is 24.3 Å². The van der Waals surface area contributed by atoms with Crippen LogP contribution in [-0.2, 0) is 14.4 Å². The highest BCUT2D eigenvalue weighted by molar-refractivity contribution is 5.97. The molecule has 2 rings (SSSR count). The Kier molecular flexibility index (Phi) is 8.29. The Labute approximate surface area is 166 Å². The van der Waals surface area contributed by atoms with Gasteiger partial charge in [-0.05, 0) is 44.1 Å². The predicted octanol–water partition coefficient (Wildman–Crippen LogP) is 1.98. The van der Waals surface area contributed by atoms with Gasteiger partial charge in [0.15, 0.2) is 0 Å². The third kappa shape index (κ3) is 7.21. The lowest BCUT2D eigenvalue weighted by atomic mass is 9.97. The van der Waals surface area contributed by atoms with Crippen LogP contribution in [0.5, 0.6) is 0 Å². The molecular formula is C21H31N3O4. The van der Waals surface area contributed by atoms with Crippen molar-refractivity contribution in [1.29, 1.82) is 0 Å². The molecule has 0 aromatic heterocycles. The quantitative estimate of drug-likeness (QED) is 0.414. The van der Waals surface area contributed by atoms with Crippen LogP contribution in [0.4, 0.5) is 0 Å². The van der Waals surface area contributed by atoms with E-state index in [1.165, 1.54) is 11.3 Å². The van der Waals surface area contributed by atoms with Gasteiger partial charge in [-0.25, -0.2) is 0 Å². The molecule has 0 radical (unpaired) electrons. The summed E-state index contributed by atoms with van der Waals surface area (Å²) in [5.41, 5.74) is 3.61. The van der Waals surface area contributed by atoms with Crippen molar-refractivity contribution in [3.05, 3.63) is 35.6 Å². The number of rotatable bonds is 9. The number of hydrogen-bond donors (Lipinski definition) is 3. The first-order chi connectivity index (χ1) is 13.3. The summed E-state index contributed by atoms with van der Waals surface area (Å²) >= 11 is 0. The largest absolute Gasteiger partial charge is 0.481 e. The third-order valence-electron chi connectivity index (χ3n) is 5.18. The minimum absolute atomic E-state index is 0.0433. The van der Waals surface area contributed by atoms with Crippen LogP contribution >= 0.6 is 0 Å². The molecule has 0 aromatic carbocycles. The molecule has 0 bridgehead atoms. The highest BCUT2D eigenvalue weighted by Crippen LogP contribution is 2.24. The maximum atomic E-state index is 12.3. The number of hydrogen-bond acceptors (Lipinski definition) is 4. The molecule has 1 fully saturated rings. The molecule has 3 N–H and O–H groups in total. The first kappa shape index (κ1) is 21.7. The minimum Gasteiger partial charge on any atom is -0.481 e. The van der Waals surface area contributed by atoms with E-state index >= 15 is 0 Å². The van der Waals surface area contributed by atoms with Gasteiger partial charge in [-0.2, -0.15) is 0 Å². The Balaban J connectivity index is 1.72. The molecule has 154 valence electrons. The predicted molar refractivity (Wildman–Crippen MR) is 107 cm³/mol. The molecule has 0 spiro atoms. The number of nitrogens with zero attached hydrogens (tertiary/aromatic N) is 1. The van der Waals surface area contributed by atoms with Crippen molar-refractivity contribution in [3.63, 3.8) is 0 Å². The van der Waals surface area contributed by atoms with Crippen molar-refractivity contribution in [2.75, 3.05) is 26.2 Å². The molecule has 2 heterocycles. The van der Waals surface area contributed by atoms with Crippen LogP contribution in [0.2, 0.25) is 0 Å². The summed E-state index contributed by atoms with van der Waals surface area (Å²) in [6.07, 6.45) is 7.82. The monoisotopic (exact) mass is 389 g/mol. The SMILES string of the molecule is C=C(/C=C\C1=C(C)NCCC1)CC1CCN(C(=O)CC(=O)NCCC(=O)O)C1. The summed E-state index contributed by atoms with van der Waals surface area (Å²) in [7, 11) is 0. The Bertz CT molecular complexity index is 681. The summed E-state index contributed by atoms with van der Waals surface area (Å²) in [6, 6.07) is 0. The molecule has 2 aliphatic rings. The summed E-state index contributed by atoms with van der Waals surface area (Å²) in [4.78, 5) is 36.1. The molecule has 28 heavy (non-hydrogen) atoms. The zero-order chi connectivity index (χ0) is 20.5. The summed E-state index contributed by atoms with van der Waals surface area (Å²) in [5, 5.41) is 14.4. The van der Waals surface area contributed by atoms with Gasteiger partial charge in [0.1, 0.15) is 6.42 Å². The van der Waals surface area contributed by atoms with Gasteiger partial charge in [0.2, 0.25) is 11.8 Å². The molecule has 0 saturated carbocycles. The maximum Gasteiger partial charge on any atom is 0.305 e. The number of likely N-dealkylation sites (tertiary alicyclic amines) is 1. The van der Waals surface area contributed by atoms with E-state index in [4.69, 9.17) is 5.11 Å². The lowest BCUT2D eigenvalue weighted by molar-refractivity contribution is -0.136. The van der Waals surface area contributed by atoms with Crippen LogP contribution in [0.1, 0.15) is 45.4 Å². The molecule has 7 nitrogen and oxygen atoms in total. The fraction of sp³-hybridized carbons (Fsp3) is 0.571. The fourth-order valence-corrected chi connectivity index (χ4v) is 3.57. The molecule has 2 aliphatic heterocycles.